The lowest BCUT2D eigenvalue weighted by Gasteiger charge is -2.29. The molecule has 0 bridgehead atoms. The maximum atomic E-state index is 12.3. The summed E-state index contributed by atoms with van der Waals surface area (Å²) < 4.78 is 36.9. The third kappa shape index (κ3) is 2.43. The third-order valence-corrected chi connectivity index (χ3v) is 3.57. The van der Waals surface area contributed by atoms with Crippen molar-refractivity contribution < 1.29 is 18.1 Å². The Kier molecular flexibility index (Phi) is 3.02. The van der Waals surface area contributed by atoms with Crippen LogP contribution in [0.5, 0.6) is 0 Å². The normalized spacial score (nSPS) is 19.1. The molecule has 0 unspecified atom stereocenters. The van der Waals surface area contributed by atoms with E-state index in [1.807, 2.05) is 4.90 Å². The first-order valence-corrected chi connectivity index (χ1v) is 5.75. The second kappa shape index (κ2) is 4.17. The molecule has 0 amide bonds. The Balaban J connectivity index is 2.08. The monoisotopic (exact) mass is 253 g/mol. The summed E-state index contributed by atoms with van der Waals surface area (Å²) in [5.74, 6) is 0. The number of hydrogen-bond acceptors (Lipinski definition) is 4. The summed E-state index contributed by atoms with van der Waals surface area (Å²) in [6, 6.07) is 0. The zero-order valence-corrected chi connectivity index (χ0v) is 9.53. The van der Waals surface area contributed by atoms with Crippen molar-refractivity contribution in [2.75, 3.05) is 38.1 Å². The second-order valence-electron chi connectivity index (χ2n) is 3.83. The van der Waals surface area contributed by atoms with Gasteiger partial charge in [0, 0.05) is 0 Å². The van der Waals surface area contributed by atoms with Crippen LogP contribution >= 0.6 is 11.3 Å². The number of quaternary nitrogens is 1. The van der Waals surface area contributed by atoms with Gasteiger partial charge in [-0.15, -0.1) is 10.2 Å². The van der Waals surface area contributed by atoms with Gasteiger partial charge in [-0.2, -0.15) is 13.2 Å². The quantitative estimate of drug-likeness (QED) is 0.758. The van der Waals surface area contributed by atoms with Gasteiger partial charge < -0.3 is 9.80 Å². The molecule has 2 heterocycles. The number of anilines is 1. The summed E-state index contributed by atoms with van der Waals surface area (Å²) in [5, 5.41) is 6.28. The molecule has 1 saturated heterocycles. The molecule has 1 aromatic rings. The molecule has 90 valence electrons. The second-order valence-corrected chi connectivity index (χ2v) is 4.79. The molecular formula is C8H12F3N4S+. The van der Waals surface area contributed by atoms with Gasteiger partial charge in [-0.05, 0) is 0 Å². The molecule has 2 rings (SSSR count). The van der Waals surface area contributed by atoms with Crippen LogP contribution < -0.4 is 9.80 Å². The fourth-order valence-corrected chi connectivity index (χ4v) is 2.30. The summed E-state index contributed by atoms with van der Waals surface area (Å²) in [4.78, 5) is 3.25. The Hall–Kier alpha value is -0.890. The maximum absolute atomic E-state index is 12.3. The Morgan fingerprint density at radius 2 is 1.88 bits per heavy atom. The van der Waals surface area contributed by atoms with E-state index in [1.165, 1.54) is 4.90 Å². The molecule has 4 nitrogen and oxygen atoms in total. The van der Waals surface area contributed by atoms with E-state index < -0.39 is 11.2 Å². The van der Waals surface area contributed by atoms with Gasteiger partial charge in [0.15, 0.2) is 0 Å². The fraction of sp³-hybridized carbons (Fsp3) is 0.750. The van der Waals surface area contributed by atoms with Crippen LogP contribution in [-0.2, 0) is 6.18 Å². The van der Waals surface area contributed by atoms with Gasteiger partial charge in [-0.25, -0.2) is 0 Å². The molecule has 0 atom stereocenters. The molecule has 1 aliphatic heterocycles. The van der Waals surface area contributed by atoms with E-state index in [4.69, 9.17) is 0 Å². The molecule has 0 aromatic carbocycles. The highest BCUT2D eigenvalue weighted by Gasteiger charge is 2.36. The number of rotatable bonds is 1. The number of nitrogens with one attached hydrogen (secondary N) is 1. The SMILES string of the molecule is C[NH+]1CCN(c2nnc(C(F)(F)F)s2)CC1. The third-order valence-electron chi connectivity index (χ3n) is 2.54. The van der Waals surface area contributed by atoms with Gasteiger partial charge in [0.25, 0.3) is 0 Å². The minimum Gasteiger partial charge on any atom is -0.335 e. The summed E-state index contributed by atoms with van der Waals surface area (Å²) >= 11 is 0.617. The average Bonchev–Trinajstić information content (AvgIpc) is 2.67. The number of nitrogens with zero attached hydrogens (tertiary/aromatic N) is 3. The first-order valence-electron chi connectivity index (χ1n) is 4.94. The number of halogens is 3. The predicted octanol–water partition coefficient (Wildman–Crippen LogP) is -0.108. The molecule has 16 heavy (non-hydrogen) atoms. The van der Waals surface area contributed by atoms with Crippen molar-refractivity contribution in [1.82, 2.24) is 10.2 Å². The lowest BCUT2D eigenvalue weighted by atomic mass is 10.3. The topological polar surface area (TPSA) is 33.5 Å². The van der Waals surface area contributed by atoms with Gasteiger partial charge in [-0.1, -0.05) is 11.3 Å². The van der Waals surface area contributed by atoms with Crippen LogP contribution in [0.2, 0.25) is 0 Å². The summed E-state index contributed by atoms with van der Waals surface area (Å²) in [7, 11) is 2.07. The van der Waals surface area contributed by atoms with Crippen molar-refractivity contribution in [2.24, 2.45) is 0 Å². The standard InChI is InChI=1S/C8H11F3N4S/c1-14-2-4-15(5-3-14)7-13-12-6(16-7)8(9,10)11/h2-5H2,1H3/p+1. The van der Waals surface area contributed by atoms with Crippen molar-refractivity contribution in [1.29, 1.82) is 0 Å². The largest absolute Gasteiger partial charge is 0.445 e. The Labute approximate surface area is 94.7 Å². The molecule has 0 radical (unpaired) electrons. The predicted molar refractivity (Wildman–Crippen MR) is 53.7 cm³/mol. The van der Waals surface area contributed by atoms with E-state index in [9.17, 15) is 13.2 Å². The van der Waals surface area contributed by atoms with E-state index in [1.54, 1.807) is 0 Å². The van der Waals surface area contributed by atoms with Crippen molar-refractivity contribution in [3.63, 3.8) is 0 Å². The molecule has 1 N–H and O–H groups in total. The lowest BCUT2D eigenvalue weighted by molar-refractivity contribution is -0.880. The van der Waals surface area contributed by atoms with E-state index in [0.717, 1.165) is 26.2 Å². The van der Waals surface area contributed by atoms with Gasteiger partial charge >= 0.3 is 6.18 Å². The highest BCUT2D eigenvalue weighted by Crippen LogP contribution is 2.34. The number of piperazine rings is 1. The molecule has 0 aliphatic carbocycles. The van der Waals surface area contributed by atoms with E-state index in [0.29, 0.717) is 16.5 Å². The number of likely N-dealkylation sites (N-methyl/N-ethyl adjacent to an activating group) is 1. The van der Waals surface area contributed by atoms with Crippen molar-refractivity contribution >= 4 is 16.5 Å². The minimum absolute atomic E-state index is 0.375. The van der Waals surface area contributed by atoms with Crippen molar-refractivity contribution in [3.05, 3.63) is 5.01 Å². The number of aromatic nitrogens is 2. The van der Waals surface area contributed by atoms with Crippen LogP contribution in [0.4, 0.5) is 18.3 Å². The Morgan fingerprint density at radius 3 is 2.38 bits per heavy atom. The van der Waals surface area contributed by atoms with Gasteiger partial charge in [0.2, 0.25) is 10.1 Å². The van der Waals surface area contributed by atoms with Crippen LogP contribution in [0.25, 0.3) is 0 Å². The Bertz CT molecular complexity index is 356. The summed E-state index contributed by atoms with van der Waals surface area (Å²) in [5.41, 5.74) is 0. The molecular weight excluding hydrogens is 241 g/mol. The van der Waals surface area contributed by atoms with Gasteiger partial charge in [0.1, 0.15) is 0 Å². The molecule has 1 aromatic heterocycles. The summed E-state index contributed by atoms with van der Waals surface area (Å²) in [6.07, 6.45) is -4.38. The molecule has 0 spiro atoms. The van der Waals surface area contributed by atoms with Crippen molar-refractivity contribution in [3.8, 4) is 0 Å². The number of hydrogen-bond donors (Lipinski definition) is 1. The smallest absolute Gasteiger partial charge is 0.335 e. The van der Waals surface area contributed by atoms with Crippen LogP contribution in [-0.4, -0.2) is 43.4 Å². The van der Waals surface area contributed by atoms with Crippen molar-refractivity contribution in [2.45, 2.75) is 6.18 Å². The van der Waals surface area contributed by atoms with Crippen LogP contribution in [0, 0.1) is 0 Å². The fourth-order valence-electron chi connectivity index (χ4n) is 1.54. The van der Waals surface area contributed by atoms with Crippen LogP contribution in [0.1, 0.15) is 5.01 Å². The van der Waals surface area contributed by atoms with Crippen LogP contribution in [0.3, 0.4) is 0 Å². The van der Waals surface area contributed by atoms with Gasteiger partial charge in [0.05, 0.1) is 33.2 Å². The first-order chi connectivity index (χ1) is 7.47. The zero-order chi connectivity index (χ0) is 11.8. The number of alkyl halides is 3. The minimum atomic E-state index is -4.38. The zero-order valence-electron chi connectivity index (χ0n) is 8.71. The maximum Gasteiger partial charge on any atom is 0.445 e. The van der Waals surface area contributed by atoms with E-state index in [-0.39, 0.29) is 0 Å². The summed E-state index contributed by atoms with van der Waals surface area (Å²) in [6.45, 7) is 3.30. The van der Waals surface area contributed by atoms with E-state index >= 15 is 0 Å². The highest BCUT2D eigenvalue weighted by molar-refractivity contribution is 7.15. The molecule has 1 aliphatic rings. The molecule has 8 heteroatoms. The highest BCUT2D eigenvalue weighted by atomic mass is 32.1. The van der Waals surface area contributed by atoms with Crippen LogP contribution in [0.15, 0.2) is 0 Å². The average molecular weight is 253 g/mol. The Morgan fingerprint density at radius 1 is 1.25 bits per heavy atom. The molecule has 1 fully saturated rings. The van der Waals surface area contributed by atoms with E-state index in [2.05, 4.69) is 17.2 Å². The lowest BCUT2D eigenvalue weighted by Crippen LogP contribution is -3.12. The van der Waals surface area contributed by atoms with Gasteiger partial charge in [-0.3, -0.25) is 0 Å². The first kappa shape index (κ1) is 11.6. The molecule has 0 saturated carbocycles.